The summed E-state index contributed by atoms with van der Waals surface area (Å²) >= 11 is 0. The molecule has 4 rings (SSSR count). The number of Topliss-reactive ketones (excluding diaryl/α,β-unsaturated/α-hetero) is 1. The van der Waals surface area contributed by atoms with Gasteiger partial charge < -0.3 is 5.32 Å². The van der Waals surface area contributed by atoms with E-state index in [9.17, 15) is 4.79 Å². The van der Waals surface area contributed by atoms with Crippen molar-refractivity contribution in [3.63, 3.8) is 0 Å². The van der Waals surface area contributed by atoms with Gasteiger partial charge in [0.15, 0.2) is 0 Å². The first-order valence-electron chi connectivity index (χ1n) is 8.17. The summed E-state index contributed by atoms with van der Waals surface area (Å²) in [6, 6.07) is 21.6. The standard InChI is InChI=1S/C20H21NO/c22-19-11-12-20(15-7-3-1-4-8-15,16-9-5-2-6-10-16)18-14-21-13-17(18)19/h1-10,17-18,21H,11-14H2/t17-,18+/m1/s1. The lowest BCUT2D eigenvalue weighted by Gasteiger charge is -2.45. The minimum absolute atomic E-state index is 0.0371. The summed E-state index contributed by atoms with van der Waals surface area (Å²) in [6.45, 7) is 1.77. The fraction of sp³-hybridized carbons (Fsp3) is 0.350. The molecule has 0 radical (unpaired) electrons. The molecule has 2 fully saturated rings. The molecular weight excluding hydrogens is 270 g/mol. The Morgan fingerprint density at radius 1 is 0.864 bits per heavy atom. The average Bonchev–Trinajstić information content (AvgIpc) is 3.08. The third-order valence-corrected chi connectivity index (χ3v) is 5.60. The molecule has 1 N–H and O–H groups in total. The lowest BCUT2D eigenvalue weighted by atomic mass is 9.56. The van der Waals surface area contributed by atoms with Gasteiger partial charge in [-0.3, -0.25) is 4.79 Å². The molecule has 0 bridgehead atoms. The number of fused-ring (bicyclic) bond motifs is 1. The largest absolute Gasteiger partial charge is 0.316 e. The number of nitrogens with one attached hydrogen (secondary N) is 1. The van der Waals surface area contributed by atoms with Gasteiger partial charge in [0, 0.05) is 24.3 Å². The fourth-order valence-electron chi connectivity index (χ4n) is 4.58. The zero-order valence-electron chi connectivity index (χ0n) is 12.7. The van der Waals surface area contributed by atoms with Gasteiger partial charge in [-0.05, 0) is 30.0 Å². The van der Waals surface area contributed by atoms with Crippen LogP contribution in [-0.2, 0) is 10.2 Å². The highest BCUT2D eigenvalue weighted by atomic mass is 16.1. The highest BCUT2D eigenvalue weighted by molar-refractivity contribution is 5.84. The van der Waals surface area contributed by atoms with Gasteiger partial charge in [-0.25, -0.2) is 0 Å². The van der Waals surface area contributed by atoms with Crippen LogP contribution in [0.15, 0.2) is 60.7 Å². The normalized spacial score (nSPS) is 26.6. The number of carbonyl (C=O) groups excluding carboxylic acids is 1. The van der Waals surface area contributed by atoms with Crippen molar-refractivity contribution in [1.29, 1.82) is 0 Å². The van der Waals surface area contributed by atoms with Crippen molar-refractivity contribution in [1.82, 2.24) is 5.32 Å². The highest BCUT2D eigenvalue weighted by Crippen LogP contribution is 2.50. The topological polar surface area (TPSA) is 29.1 Å². The molecule has 2 atom stereocenters. The molecule has 2 nitrogen and oxygen atoms in total. The third kappa shape index (κ3) is 1.94. The van der Waals surface area contributed by atoms with E-state index in [1.165, 1.54) is 11.1 Å². The smallest absolute Gasteiger partial charge is 0.137 e. The Morgan fingerprint density at radius 3 is 2.05 bits per heavy atom. The van der Waals surface area contributed by atoms with Crippen molar-refractivity contribution in [2.24, 2.45) is 11.8 Å². The summed E-state index contributed by atoms with van der Waals surface area (Å²) in [5.41, 5.74) is 2.67. The Hall–Kier alpha value is -1.93. The van der Waals surface area contributed by atoms with E-state index in [0.29, 0.717) is 18.1 Å². The van der Waals surface area contributed by atoms with Crippen molar-refractivity contribution in [2.45, 2.75) is 18.3 Å². The maximum atomic E-state index is 12.4. The van der Waals surface area contributed by atoms with Gasteiger partial charge in [0.05, 0.1) is 0 Å². The molecule has 0 spiro atoms. The van der Waals surface area contributed by atoms with Crippen LogP contribution in [0.1, 0.15) is 24.0 Å². The minimum Gasteiger partial charge on any atom is -0.316 e. The zero-order valence-corrected chi connectivity index (χ0v) is 12.7. The molecule has 2 aliphatic rings. The molecule has 22 heavy (non-hydrogen) atoms. The summed E-state index contributed by atoms with van der Waals surface area (Å²) in [7, 11) is 0. The molecule has 0 unspecified atom stereocenters. The van der Waals surface area contributed by atoms with Crippen LogP contribution in [0.4, 0.5) is 0 Å². The number of hydrogen-bond donors (Lipinski definition) is 1. The second kappa shape index (κ2) is 5.36. The van der Waals surface area contributed by atoms with Crippen LogP contribution in [0.25, 0.3) is 0 Å². The monoisotopic (exact) mass is 291 g/mol. The molecule has 2 aromatic carbocycles. The molecule has 2 aromatic rings. The quantitative estimate of drug-likeness (QED) is 0.921. The molecule has 1 aliphatic carbocycles. The van der Waals surface area contributed by atoms with Gasteiger partial charge in [0.2, 0.25) is 0 Å². The first kappa shape index (κ1) is 13.7. The number of carbonyl (C=O) groups is 1. The second-order valence-electron chi connectivity index (χ2n) is 6.54. The molecule has 1 saturated carbocycles. The number of hydrogen-bond acceptors (Lipinski definition) is 2. The molecule has 1 saturated heterocycles. The predicted octanol–water partition coefficient (Wildman–Crippen LogP) is 3.17. The average molecular weight is 291 g/mol. The Balaban J connectivity index is 1.92. The van der Waals surface area contributed by atoms with Crippen LogP contribution in [0.3, 0.4) is 0 Å². The van der Waals surface area contributed by atoms with Crippen molar-refractivity contribution in [3.05, 3.63) is 71.8 Å². The number of benzene rings is 2. The molecule has 1 aliphatic heterocycles. The zero-order chi connectivity index (χ0) is 15.0. The summed E-state index contributed by atoms with van der Waals surface area (Å²) < 4.78 is 0. The van der Waals surface area contributed by atoms with E-state index in [1.807, 2.05) is 0 Å². The summed E-state index contributed by atoms with van der Waals surface area (Å²) in [5, 5.41) is 3.47. The van der Waals surface area contributed by atoms with E-state index < -0.39 is 0 Å². The Kier molecular flexibility index (Phi) is 3.34. The SMILES string of the molecule is O=C1CCC(c2ccccc2)(c2ccccc2)[C@H]2CNC[C@@H]12. The Bertz CT molecular complexity index is 625. The van der Waals surface area contributed by atoms with Crippen LogP contribution >= 0.6 is 0 Å². The maximum absolute atomic E-state index is 12.4. The van der Waals surface area contributed by atoms with Gasteiger partial charge in [-0.1, -0.05) is 60.7 Å². The van der Waals surface area contributed by atoms with Crippen molar-refractivity contribution < 1.29 is 4.79 Å². The molecule has 0 aromatic heterocycles. The van der Waals surface area contributed by atoms with E-state index in [0.717, 1.165) is 19.5 Å². The van der Waals surface area contributed by atoms with Crippen molar-refractivity contribution in [3.8, 4) is 0 Å². The predicted molar refractivity (Wildman–Crippen MR) is 87.8 cm³/mol. The van der Waals surface area contributed by atoms with Crippen LogP contribution in [-0.4, -0.2) is 18.9 Å². The van der Waals surface area contributed by atoms with Gasteiger partial charge in [0.25, 0.3) is 0 Å². The van der Waals surface area contributed by atoms with E-state index in [4.69, 9.17) is 0 Å². The lowest BCUT2D eigenvalue weighted by Crippen LogP contribution is -2.47. The van der Waals surface area contributed by atoms with E-state index in [-0.39, 0.29) is 11.3 Å². The van der Waals surface area contributed by atoms with Crippen LogP contribution in [0.2, 0.25) is 0 Å². The van der Waals surface area contributed by atoms with E-state index >= 15 is 0 Å². The summed E-state index contributed by atoms with van der Waals surface area (Å²) in [4.78, 5) is 12.4. The van der Waals surface area contributed by atoms with Gasteiger partial charge in [-0.15, -0.1) is 0 Å². The molecule has 0 amide bonds. The van der Waals surface area contributed by atoms with E-state index in [1.54, 1.807) is 0 Å². The van der Waals surface area contributed by atoms with Crippen LogP contribution in [0, 0.1) is 11.8 Å². The number of ketones is 1. The van der Waals surface area contributed by atoms with Crippen molar-refractivity contribution >= 4 is 5.78 Å². The van der Waals surface area contributed by atoms with Crippen LogP contribution in [0.5, 0.6) is 0 Å². The first-order chi connectivity index (χ1) is 10.8. The molecule has 112 valence electrons. The van der Waals surface area contributed by atoms with Gasteiger partial charge >= 0.3 is 0 Å². The fourth-order valence-corrected chi connectivity index (χ4v) is 4.58. The highest BCUT2D eigenvalue weighted by Gasteiger charge is 2.52. The van der Waals surface area contributed by atoms with Crippen LogP contribution < -0.4 is 5.32 Å². The van der Waals surface area contributed by atoms with Gasteiger partial charge in [-0.2, -0.15) is 0 Å². The Morgan fingerprint density at radius 2 is 1.45 bits per heavy atom. The first-order valence-corrected chi connectivity index (χ1v) is 8.17. The second-order valence-corrected chi connectivity index (χ2v) is 6.54. The summed E-state index contributed by atoms with van der Waals surface area (Å²) in [5.74, 6) is 0.963. The third-order valence-electron chi connectivity index (χ3n) is 5.60. The summed E-state index contributed by atoms with van der Waals surface area (Å²) in [6.07, 6.45) is 1.61. The number of rotatable bonds is 2. The van der Waals surface area contributed by atoms with Gasteiger partial charge in [0.1, 0.15) is 5.78 Å². The van der Waals surface area contributed by atoms with E-state index in [2.05, 4.69) is 66.0 Å². The maximum Gasteiger partial charge on any atom is 0.137 e. The molecule has 2 heteroatoms. The Labute approximate surface area is 131 Å². The molecular formula is C20H21NO. The lowest BCUT2D eigenvalue weighted by molar-refractivity contribution is -0.126. The molecule has 1 heterocycles. The van der Waals surface area contributed by atoms with Crippen molar-refractivity contribution in [2.75, 3.05) is 13.1 Å². The minimum atomic E-state index is -0.0371.